The minimum absolute atomic E-state index is 0.118. The van der Waals surface area contributed by atoms with Gasteiger partial charge in [0, 0.05) is 29.4 Å². The van der Waals surface area contributed by atoms with Crippen LogP contribution in [-0.2, 0) is 14.3 Å². The van der Waals surface area contributed by atoms with Crippen molar-refractivity contribution in [3.63, 3.8) is 0 Å². The molecule has 2 heterocycles. The summed E-state index contributed by atoms with van der Waals surface area (Å²) in [6, 6.07) is 5.58. The summed E-state index contributed by atoms with van der Waals surface area (Å²) in [4.78, 5) is 26.6. The van der Waals surface area contributed by atoms with Gasteiger partial charge < -0.3 is 15.2 Å². The second-order valence-electron chi connectivity index (χ2n) is 6.47. The van der Waals surface area contributed by atoms with Crippen LogP contribution in [-0.4, -0.2) is 51.0 Å². The summed E-state index contributed by atoms with van der Waals surface area (Å²) in [6.45, 7) is 3.24. The number of hydrogen-bond donors (Lipinski definition) is 2. The Morgan fingerprint density at radius 1 is 1.30 bits per heavy atom. The number of aromatic nitrogens is 3. The van der Waals surface area contributed by atoms with E-state index in [4.69, 9.17) is 9.84 Å². The van der Waals surface area contributed by atoms with Crippen LogP contribution in [0.5, 0.6) is 0 Å². The lowest BCUT2D eigenvalue weighted by atomic mass is 9.96. The van der Waals surface area contributed by atoms with Crippen LogP contribution in [0.4, 0.5) is 0 Å². The van der Waals surface area contributed by atoms with Crippen molar-refractivity contribution in [3.8, 4) is 5.82 Å². The van der Waals surface area contributed by atoms with E-state index in [1.54, 1.807) is 6.20 Å². The number of aliphatic carboxylic acids is 1. The quantitative estimate of drug-likeness (QED) is 0.716. The van der Waals surface area contributed by atoms with Crippen LogP contribution >= 0.6 is 0 Å². The molecule has 27 heavy (non-hydrogen) atoms. The standard InChI is InChI=1S/C19H22N4O4/c1-12-19(13(2)23(22-12)16-5-3-4-8-20-16)14-6-7-15(9-14)21-17(24)10-27-11-18(25)26/h3-8,14-15H,9-11H2,1-2H3,(H,21,24)(H,25,26). The van der Waals surface area contributed by atoms with E-state index in [1.165, 1.54) is 0 Å². The molecule has 0 radical (unpaired) electrons. The number of carboxylic acid groups (broad SMARTS) is 1. The van der Waals surface area contributed by atoms with E-state index in [0.717, 1.165) is 29.2 Å². The molecule has 0 fully saturated rings. The monoisotopic (exact) mass is 370 g/mol. The Kier molecular flexibility index (Phi) is 5.66. The third-order valence-electron chi connectivity index (χ3n) is 4.47. The molecule has 0 bridgehead atoms. The lowest BCUT2D eigenvalue weighted by Gasteiger charge is -2.14. The Labute approximate surface area is 156 Å². The van der Waals surface area contributed by atoms with Gasteiger partial charge in [0.05, 0.1) is 5.69 Å². The van der Waals surface area contributed by atoms with Crippen molar-refractivity contribution in [1.29, 1.82) is 0 Å². The molecular formula is C19H22N4O4. The second kappa shape index (κ2) is 8.13. The van der Waals surface area contributed by atoms with Crippen LogP contribution in [0, 0.1) is 13.8 Å². The van der Waals surface area contributed by atoms with Crippen molar-refractivity contribution in [2.75, 3.05) is 13.2 Å². The summed E-state index contributed by atoms with van der Waals surface area (Å²) in [6.07, 6.45) is 6.48. The molecule has 0 aromatic carbocycles. The first-order valence-electron chi connectivity index (χ1n) is 8.70. The Morgan fingerprint density at radius 3 is 2.81 bits per heavy atom. The zero-order valence-electron chi connectivity index (χ0n) is 15.3. The zero-order valence-corrected chi connectivity index (χ0v) is 15.3. The maximum Gasteiger partial charge on any atom is 0.329 e. The fourth-order valence-corrected chi connectivity index (χ4v) is 3.39. The number of pyridine rings is 1. The molecule has 2 aromatic heterocycles. The number of nitrogens with zero attached hydrogens (tertiary/aromatic N) is 3. The number of carbonyl (C=O) groups excluding carboxylic acids is 1. The summed E-state index contributed by atoms with van der Waals surface area (Å²) in [7, 11) is 0. The molecule has 0 spiro atoms. The molecule has 1 amide bonds. The summed E-state index contributed by atoms with van der Waals surface area (Å²) in [5, 5.41) is 16.0. The molecule has 2 aromatic rings. The van der Waals surface area contributed by atoms with Crippen LogP contribution in [0.15, 0.2) is 36.5 Å². The fraction of sp³-hybridized carbons (Fsp3) is 0.368. The number of aryl methyl sites for hydroxylation is 1. The van der Waals surface area contributed by atoms with E-state index in [2.05, 4.69) is 21.5 Å². The molecule has 1 aliphatic rings. The van der Waals surface area contributed by atoms with Crippen LogP contribution in [0.1, 0.15) is 29.3 Å². The average molecular weight is 370 g/mol. The number of rotatable bonds is 7. The summed E-state index contributed by atoms with van der Waals surface area (Å²) in [5.41, 5.74) is 3.10. The van der Waals surface area contributed by atoms with E-state index in [1.807, 2.05) is 42.8 Å². The van der Waals surface area contributed by atoms with Gasteiger partial charge in [0.15, 0.2) is 5.82 Å². The Bertz CT molecular complexity index is 860. The smallest absolute Gasteiger partial charge is 0.329 e. The molecule has 8 nitrogen and oxygen atoms in total. The highest BCUT2D eigenvalue weighted by atomic mass is 16.5. The van der Waals surface area contributed by atoms with Crippen molar-refractivity contribution in [1.82, 2.24) is 20.1 Å². The minimum atomic E-state index is -1.10. The first kappa shape index (κ1) is 18.8. The molecule has 1 aliphatic carbocycles. The van der Waals surface area contributed by atoms with E-state index in [-0.39, 0.29) is 24.5 Å². The van der Waals surface area contributed by atoms with Gasteiger partial charge in [-0.3, -0.25) is 4.79 Å². The number of carbonyl (C=O) groups is 2. The number of nitrogens with one attached hydrogen (secondary N) is 1. The van der Waals surface area contributed by atoms with Gasteiger partial charge in [-0.15, -0.1) is 0 Å². The number of allylic oxidation sites excluding steroid dienone is 1. The van der Waals surface area contributed by atoms with Gasteiger partial charge in [-0.1, -0.05) is 18.2 Å². The summed E-state index contributed by atoms with van der Waals surface area (Å²) >= 11 is 0. The minimum Gasteiger partial charge on any atom is -0.480 e. The van der Waals surface area contributed by atoms with Gasteiger partial charge in [0.25, 0.3) is 0 Å². The predicted molar refractivity (Wildman–Crippen MR) is 97.7 cm³/mol. The number of amides is 1. The zero-order chi connectivity index (χ0) is 19.4. The molecule has 142 valence electrons. The first-order chi connectivity index (χ1) is 13.0. The van der Waals surface area contributed by atoms with Gasteiger partial charge in [0.2, 0.25) is 5.91 Å². The Balaban J connectivity index is 1.64. The van der Waals surface area contributed by atoms with E-state index in [9.17, 15) is 9.59 Å². The van der Waals surface area contributed by atoms with Gasteiger partial charge in [-0.05, 0) is 32.4 Å². The normalized spacial score (nSPS) is 18.6. The molecule has 8 heteroatoms. The van der Waals surface area contributed by atoms with Crippen molar-refractivity contribution >= 4 is 11.9 Å². The highest BCUT2D eigenvalue weighted by molar-refractivity contribution is 5.78. The topological polar surface area (TPSA) is 106 Å². The van der Waals surface area contributed by atoms with Crippen LogP contribution < -0.4 is 5.32 Å². The molecule has 0 aliphatic heterocycles. The number of carboxylic acids is 1. The predicted octanol–water partition coefficient (Wildman–Crippen LogP) is 1.51. The van der Waals surface area contributed by atoms with Crippen LogP contribution in [0.2, 0.25) is 0 Å². The SMILES string of the molecule is Cc1nn(-c2ccccn2)c(C)c1C1C=CC(NC(=O)COCC(=O)O)C1. The van der Waals surface area contributed by atoms with Gasteiger partial charge in [-0.2, -0.15) is 5.10 Å². The van der Waals surface area contributed by atoms with Gasteiger partial charge in [-0.25, -0.2) is 14.5 Å². The van der Waals surface area contributed by atoms with Crippen molar-refractivity contribution < 1.29 is 19.4 Å². The van der Waals surface area contributed by atoms with Crippen molar-refractivity contribution in [2.45, 2.75) is 32.2 Å². The van der Waals surface area contributed by atoms with Gasteiger partial charge >= 0.3 is 5.97 Å². The van der Waals surface area contributed by atoms with Crippen LogP contribution in [0.25, 0.3) is 5.82 Å². The first-order valence-corrected chi connectivity index (χ1v) is 8.70. The molecule has 3 rings (SSSR count). The van der Waals surface area contributed by atoms with Crippen LogP contribution in [0.3, 0.4) is 0 Å². The fourth-order valence-electron chi connectivity index (χ4n) is 3.39. The number of hydrogen-bond acceptors (Lipinski definition) is 5. The molecule has 2 unspecified atom stereocenters. The molecule has 2 N–H and O–H groups in total. The van der Waals surface area contributed by atoms with Gasteiger partial charge in [0.1, 0.15) is 13.2 Å². The third kappa shape index (κ3) is 4.40. The number of ether oxygens (including phenoxy) is 1. The lowest BCUT2D eigenvalue weighted by Crippen LogP contribution is -2.35. The Hall–Kier alpha value is -3.00. The van der Waals surface area contributed by atoms with E-state index in [0.29, 0.717) is 0 Å². The third-order valence-corrected chi connectivity index (χ3v) is 4.47. The molecular weight excluding hydrogens is 348 g/mol. The molecule has 0 saturated carbocycles. The average Bonchev–Trinajstić information content (AvgIpc) is 3.19. The maximum absolute atomic E-state index is 11.9. The summed E-state index contributed by atoms with van der Waals surface area (Å²) in [5.74, 6) is -0.511. The second-order valence-corrected chi connectivity index (χ2v) is 6.47. The largest absolute Gasteiger partial charge is 0.480 e. The summed E-state index contributed by atoms with van der Waals surface area (Å²) < 4.78 is 6.65. The maximum atomic E-state index is 11.9. The highest BCUT2D eigenvalue weighted by Gasteiger charge is 2.27. The lowest BCUT2D eigenvalue weighted by molar-refractivity contribution is -0.143. The van der Waals surface area contributed by atoms with E-state index < -0.39 is 12.6 Å². The van der Waals surface area contributed by atoms with E-state index >= 15 is 0 Å². The highest BCUT2D eigenvalue weighted by Crippen LogP contribution is 2.33. The Morgan fingerprint density at radius 2 is 2.11 bits per heavy atom. The molecule has 0 saturated heterocycles. The van der Waals surface area contributed by atoms with Crippen molar-refractivity contribution in [2.24, 2.45) is 0 Å². The van der Waals surface area contributed by atoms with Crippen molar-refractivity contribution in [3.05, 3.63) is 53.5 Å². The molecule has 2 atom stereocenters.